The Labute approximate surface area is 117 Å². The van der Waals surface area contributed by atoms with Crippen molar-refractivity contribution in [3.63, 3.8) is 0 Å². The van der Waals surface area contributed by atoms with E-state index >= 15 is 0 Å². The minimum absolute atomic E-state index is 0.139. The highest BCUT2D eigenvalue weighted by molar-refractivity contribution is 5.94. The Kier molecular flexibility index (Phi) is 1.99. The molecule has 5 rings (SSSR count). The number of hydrogen-bond acceptors (Lipinski definition) is 2. The first-order valence-corrected chi connectivity index (χ1v) is 7.52. The zero-order valence-electron chi connectivity index (χ0n) is 11.3. The smallest absolute Gasteiger partial charge is 0.243 e. The summed E-state index contributed by atoms with van der Waals surface area (Å²) in [5.41, 5.74) is 7.08. The number of piperidine rings is 1. The number of fused-ring (bicyclic) bond motifs is 3. The van der Waals surface area contributed by atoms with Crippen molar-refractivity contribution in [3.05, 3.63) is 35.5 Å². The number of hydrogen-bond donors (Lipinski definition) is 1. The van der Waals surface area contributed by atoms with Crippen molar-refractivity contribution in [1.29, 1.82) is 0 Å². The largest absolute Gasteiger partial charge is 0.294 e. The van der Waals surface area contributed by atoms with Gasteiger partial charge in [0.15, 0.2) is 0 Å². The summed E-state index contributed by atoms with van der Waals surface area (Å²) in [6, 6.07) is 8.75. The lowest BCUT2D eigenvalue weighted by molar-refractivity contribution is -0.126. The number of aromatic nitrogens is 1. The minimum atomic E-state index is 0.139. The molecule has 4 heterocycles. The van der Waals surface area contributed by atoms with Gasteiger partial charge in [0.05, 0.1) is 23.2 Å². The van der Waals surface area contributed by atoms with Gasteiger partial charge in [-0.3, -0.25) is 19.8 Å². The quantitative estimate of drug-likeness (QED) is 0.793. The Morgan fingerprint density at radius 1 is 1.20 bits per heavy atom. The molecule has 0 unspecified atom stereocenters. The van der Waals surface area contributed by atoms with E-state index in [0.717, 1.165) is 37.9 Å². The normalized spacial score (nSPS) is 28.3. The van der Waals surface area contributed by atoms with Gasteiger partial charge in [-0.25, -0.2) is 0 Å². The summed E-state index contributed by atoms with van der Waals surface area (Å²) in [6.45, 7) is 2.23. The van der Waals surface area contributed by atoms with E-state index in [9.17, 15) is 4.79 Å². The third-order valence-corrected chi connectivity index (χ3v) is 5.24. The summed E-state index contributed by atoms with van der Waals surface area (Å²) in [6.07, 6.45) is 3.26. The van der Waals surface area contributed by atoms with Crippen molar-refractivity contribution in [3.8, 4) is 0 Å². The summed E-state index contributed by atoms with van der Waals surface area (Å²) >= 11 is 0. The van der Waals surface area contributed by atoms with Crippen LogP contribution < -0.4 is 5.43 Å². The van der Waals surface area contributed by atoms with E-state index in [1.807, 2.05) is 6.07 Å². The third-order valence-electron chi connectivity index (χ3n) is 5.24. The maximum absolute atomic E-state index is 12.5. The van der Waals surface area contributed by atoms with Gasteiger partial charge in [0.2, 0.25) is 5.91 Å². The molecule has 0 saturated carbocycles. The number of carbonyl (C=O) groups excluding carboxylic acids is 1. The summed E-state index contributed by atoms with van der Waals surface area (Å²) in [7, 11) is 0. The molecule has 0 spiro atoms. The average Bonchev–Trinajstić information content (AvgIpc) is 2.82. The molecule has 0 aliphatic carbocycles. The second kappa shape index (κ2) is 3.64. The van der Waals surface area contributed by atoms with Crippen molar-refractivity contribution in [2.24, 2.45) is 5.92 Å². The number of amides is 1. The van der Waals surface area contributed by atoms with Crippen LogP contribution >= 0.6 is 0 Å². The van der Waals surface area contributed by atoms with Crippen LogP contribution in [-0.2, 0) is 11.2 Å². The SMILES string of the molecule is O=C1Nn2c3c(c4ccccc42)CCN2CCC[C@H]1[C@@H]32. The molecule has 0 bridgehead atoms. The Morgan fingerprint density at radius 2 is 2.10 bits per heavy atom. The van der Waals surface area contributed by atoms with Crippen molar-refractivity contribution >= 4 is 16.8 Å². The number of nitrogens with one attached hydrogen (secondary N) is 1. The lowest BCUT2D eigenvalue weighted by Gasteiger charge is -2.46. The molecule has 1 fully saturated rings. The lowest BCUT2D eigenvalue weighted by atomic mass is 9.81. The van der Waals surface area contributed by atoms with Gasteiger partial charge in [-0.1, -0.05) is 18.2 Å². The summed E-state index contributed by atoms with van der Waals surface area (Å²) in [5, 5.41) is 1.31. The minimum Gasteiger partial charge on any atom is -0.294 e. The van der Waals surface area contributed by atoms with Crippen LogP contribution in [0.25, 0.3) is 10.9 Å². The summed E-state index contributed by atoms with van der Waals surface area (Å²) in [5.74, 6) is 0.334. The fourth-order valence-corrected chi connectivity index (χ4v) is 4.42. The molecule has 1 amide bonds. The lowest BCUT2D eigenvalue weighted by Crippen LogP contribution is -2.52. The van der Waals surface area contributed by atoms with Crippen LogP contribution in [0.1, 0.15) is 30.1 Å². The predicted octanol–water partition coefficient (Wildman–Crippen LogP) is 2.03. The molecule has 4 heteroatoms. The fraction of sp³-hybridized carbons (Fsp3) is 0.438. The second-order valence-corrected chi connectivity index (χ2v) is 6.17. The molecular formula is C16H17N3O. The number of carbonyl (C=O) groups is 1. The van der Waals surface area contributed by atoms with Crippen LogP contribution in [0.15, 0.2) is 24.3 Å². The van der Waals surface area contributed by atoms with Gasteiger partial charge in [-0.15, -0.1) is 0 Å². The van der Waals surface area contributed by atoms with Gasteiger partial charge in [0.25, 0.3) is 0 Å². The molecule has 3 aliphatic rings. The number of para-hydroxylation sites is 1. The molecular weight excluding hydrogens is 250 g/mol. The zero-order chi connectivity index (χ0) is 13.3. The summed E-state index contributed by atoms with van der Waals surface area (Å²) < 4.78 is 2.06. The van der Waals surface area contributed by atoms with Crippen molar-refractivity contribution in [2.45, 2.75) is 25.3 Å². The van der Waals surface area contributed by atoms with Crippen LogP contribution in [0.4, 0.5) is 0 Å². The molecule has 102 valence electrons. The Balaban J connectivity index is 1.86. The monoisotopic (exact) mass is 267 g/mol. The third kappa shape index (κ3) is 1.18. The molecule has 2 aromatic rings. The van der Waals surface area contributed by atoms with Gasteiger partial charge in [0.1, 0.15) is 0 Å². The maximum atomic E-state index is 12.5. The van der Waals surface area contributed by atoms with Crippen LogP contribution in [0, 0.1) is 5.92 Å². The van der Waals surface area contributed by atoms with E-state index in [1.54, 1.807) is 0 Å². The Bertz CT molecular complexity index is 733. The first-order chi connectivity index (χ1) is 9.84. The molecule has 1 aromatic heterocycles. The molecule has 4 nitrogen and oxygen atoms in total. The van der Waals surface area contributed by atoms with E-state index in [-0.39, 0.29) is 11.8 Å². The average molecular weight is 267 g/mol. The van der Waals surface area contributed by atoms with E-state index in [4.69, 9.17) is 0 Å². The highest BCUT2D eigenvalue weighted by Gasteiger charge is 2.45. The fourth-order valence-electron chi connectivity index (χ4n) is 4.42. The molecule has 1 saturated heterocycles. The van der Waals surface area contributed by atoms with E-state index in [0.29, 0.717) is 6.04 Å². The van der Waals surface area contributed by atoms with Gasteiger partial charge in [0, 0.05) is 11.9 Å². The summed E-state index contributed by atoms with van der Waals surface area (Å²) in [4.78, 5) is 15.0. The number of rotatable bonds is 0. The first-order valence-electron chi connectivity index (χ1n) is 7.52. The van der Waals surface area contributed by atoms with Crippen molar-refractivity contribution in [1.82, 2.24) is 9.58 Å². The Morgan fingerprint density at radius 3 is 3.05 bits per heavy atom. The second-order valence-electron chi connectivity index (χ2n) is 6.17. The van der Waals surface area contributed by atoms with E-state index in [2.05, 4.69) is 33.2 Å². The van der Waals surface area contributed by atoms with Gasteiger partial charge < -0.3 is 0 Å². The first kappa shape index (κ1) is 10.9. The van der Waals surface area contributed by atoms with Crippen LogP contribution in [-0.4, -0.2) is 28.6 Å². The molecule has 3 aliphatic heterocycles. The maximum Gasteiger partial charge on any atom is 0.243 e. The van der Waals surface area contributed by atoms with Gasteiger partial charge in [-0.05, 0) is 37.4 Å². The topological polar surface area (TPSA) is 37.3 Å². The standard InChI is InChI=1S/C16H17N3O/c20-16-12-5-3-8-18-9-7-11-10-4-1-2-6-13(10)19(17-16)15(11)14(12)18/h1-2,4,6,12,14H,3,5,7-9H2,(H,17,20)/t12-,14-/m0/s1. The number of nitrogens with zero attached hydrogens (tertiary/aromatic N) is 2. The van der Waals surface area contributed by atoms with Crippen LogP contribution in [0.2, 0.25) is 0 Å². The Hall–Kier alpha value is -1.81. The predicted molar refractivity (Wildman–Crippen MR) is 77.0 cm³/mol. The number of benzene rings is 1. The highest BCUT2D eigenvalue weighted by atomic mass is 16.2. The van der Waals surface area contributed by atoms with Crippen molar-refractivity contribution in [2.75, 3.05) is 18.5 Å². The molecule has 2 atom stereocenters. The van der Waals surface area contributed by atoms with Crippen LogP contribution in [0.5, 0.6) is 0 Å². The van der Waals surface area contributed by atoms with Crippen LogP contribution in [0.3, 0.4) is 0 Å². The van der Waals surface area contributed by atoms with E-state index in [1.165, 1.54) is 16.6 Å². The molecule has 1 aromatic carbocycles. The molecule has 20 heavy (non-hydrogen) atoms. The van der Waals surface area contributed by atoms with E-state index < -0.39 is 0 Å². The van der Waals surface area contributed by atoms with Gasteiger partial charge >= 0.3 is 0 Å². The van der Waals surface area contributed by atoms with Gasteiger partial charge in [-0.2, -0.15) is 0 Å². The zero-order valence-corrected chi connectivity index (χ0v) is 11.3. The van der Waals surface area contributed by atoms with Crippen molar-refractivity contribution < 1.29 is 4.79 Å². The molecule has 1 N–H and O–H groups in total. The highest BCUT2D eigenvalue weighted by Crippen LogP contribution is 2.45. The molecule has 0 radical (unpaired) electrons.